The van der Waals surface area contributed by atoms with Gasteiger partial charge in [0.1, 0.15) is 6.04 Å². The Hall–Kier alpha value is -0.650. The minimum atomic E-state index is -0.311. The standard InChI is InChI=1S/C13H27NO4/c1-6-17-9-11(4)18-8-7-12(13(15)16-5)14-10(2)3/h10-12,14H,6-9H2,1-5H3. The molecule has 0 aliphatic rings. The van der Waals surface area contributed by atoms with Crippen LogP contribution in [0.5, 0.6) is 0 Å². The van der Waals surface area contributed by atoms with Crippen molar-refractivity contribution in [3.63, 3.8) is 0 Å². The largest absolute Gasteiger partial charge is 0.468 e. The lowest BCUT2D eigenvalue weighted by molar-refractivity contribution is -0.144. The van der Waals surface area contributed by atoms with Crippen LogP contribution in [-0.2, 0) is 19.0 Å². The van der Waals surface area contributed by atoms with Gasteiger partial charge in [0, 0.05) is 19.3 Å². The summed E-state index contributed by atoms with van der Waals surface area (Å²) in [5.41, 5.74) is 0. The summed E-state index contributed by atoms with van der Waals surface area (Å²) in [7, 11) is 1.40. The Labute approximate surface area is 110 Å². The third-order valence-electron chi connectivity index (χ3n) is 2.39. The number of nitrogens with one attached hydrogen (secondary N) is 1. The summed E-state index contributed by atoms with van der Waals surface area (Å²) in [4.78, 5) is 11.5. The van der Waals surface area contributed by atoms with Crippen LogP contribution in [0.1, 0.15) is 34.1 Å². The normalized spacial score (nSPS) is 14.6. The minimum absolute atomic E-state index is 0.0438. The molecule has 0 saturated heterocycles. The Morgan fingerprint density at radius 1 is 1.28 bits per heavy atom. The molecule has 5 nitrogen and oxygen atoms in total. The number of hydrogen-bond donors (Lipinski definition) is 1. The second-order valence-electron chi connectivity index (χ2n) is 4.53. The van der Waals surface area contributed by atoms with Crippen molar-refractivity contribution >= 4 is 5.97 Å². The molecule has 0 spiro atoms. The van der Waals surface area contributed by atoms with E-state index in [9.17, 15) is 4.79 Å². The van der Waals surface area contributed by atoms with Crippen molar-refractivity contribution in [1.82, 2.24) is 5.32 Å². The van der Waals surface area contributed by atoms with Crippen LogP contribution in [0.15, 0.2) is 0 Å². The molecular weight excluding hydrogens is 234 g/mol. The van der Waals surface area contributed by atoms with Crippen molar-refractivity contribution in [1.29, 1.82) is 0 Å². The highest BCUT2D eigenvalue weighted by atomic mass is 16.5. The highest BCUT2D eigenvalue weighted by Gasteiger charge is 2.19. The molecule has 0 aromatic carbocycles. The Kier molecular flexibility index (Phi) is 9.92. The second kappa shape index (κ2) is 10.3. The summed E-state index contributed by atoms with van der Waals surface area (Å²) < 4.78 is 15.6. The topological polar surface area (TPSA) is 56.8 Å². The number of esters is 1. The molecule has 108 valence electrons. The number of hydrogen-bond acceptors (Lipinski definition) is 5. The van der Waals surface area contributed by atoms with Gasteiger partial charge in [-0.1, -0.05) is 13.8 Å². The van der Waals surface area contributed by atoms with E-state index < -0.39 is 0 Å². The highest BCUT2D eigenvalue weighted by Crippen LogP contribution is 2.01. The van der Waals surface area contributed by atoms with Crippen LogP contribution >= 0.6 is 0 Å². The average molecular weight is 261 g/mol. The average Bonchev–Trinajstić information content (AvgIpc) is 2.33. The summed E-state index contributed by atoms with van der Waals surface area (Å²) in [5.74, 6) is -0.246. The third-order valence-corrected chi connectivity index (χ3v) is 2.39. The molecule has 0 rings (SSSR count). The van der Waals surface area contributed by atoms with Crippen LogP contribution in [-0.4, -0.2) is 51.1 Å². The molecule has 1 N–H and O–H groups in total. The summed E-state index contributed by atoms with van der Waals surface area (Å²) >= 11 is 0. The van der Waals surface area contributed by atoms with Gasteiger partial charge in [-0.15, -0.1) is 0 Å². The molecule has 0 bridgehead atoms. The maximum absolute atomic E-state index is 11.5. The van der Waals surface area contributed by atoms with Gasteiger partial charge < -0.3 is 19.5 Å². The molecule has 18 heavy (non-hydrogen) atoms. The van der Waals surface area contributed by atoms with Gasteiger partial charge in [-0.25, -0.2) is 0 Å². The molecule has 0 aromatic rings. The van der Waals surface area contributed by atoms with Crippen LogP contribution in [0.4, 0.5) is 0 Å². The predicted molar refractivity (Wildman–Crippen MR) is 70.6 cm³/mol. The predicted octanol–water partition coefficient (Wildman–Crippen LogP) is 1.36. The van der Waals surface area contributed by atoms with Crippen LogP contribution in [0.2, 0.25) is 0 Å². The van der Waals surface area contributed by atoms with E-state index in [0.717, 1.165) is 0 Å². The van der Waals surface area contributed by atoms with Crippen molar-refractivity contribution in [3.8, 4) is 0 Å². The second-order valence-corrected chi connectivity index (χ2v) is 4.53. The van der Waals surface area contributed by atoms with Gasteiger partial charge in [-0.05, 0) is 20.3 Å². The lowest BCUT2D eigenvalue weighted by atomic mass is 10.2. The van der Waals surface area contributed by atoms with E-state index in [1.165, 1.54) is 7.11 Å². The molecule has 0 aliphatic heterocycles. The molecule has 0 aliphatic carbocycles. The SMILES string of the molecule is CCOCC(C)OCCC(NC(C)C)C(=O)OC. The zero-order valence-corrected chi connectivity index (χ0v) is 12.2. The van der Waals surface area contributed by atoms with Gasteiger partial charge in [0.2, 0.25) is 0 Å². The molecule has 2 unspecified atom stereocenters. The molecule has 0 saturated carbocycles. The fraction of sp³-hybridized carbons (Fsp3) is 0.923. The molecule has 0 amide bonds. The van der Waals surface area contributed by atoms with Crippen LogP contribution in [0.25, 0.3) is 0 Å². The van der Waals surface area contributed by atoms with Gasteiger partial charge in [-0.3, -0.25) is 4.79 Å². The van der Waals surface area contributed by atoms with E-state index in [1.54, 1.807) is 0 Å². The fourth-order valence-electron chi connectivity index (χ4n) is 1.53. The van der Waals surface area contributed by atoms with Crippen molar-refractivity contribution in [3.05, 3.63) is 0 Å². The Morgan fingerprint density at radius 3 is 2.44 bits per heavy atom. The van der Waals surface area contributed by atoms with Crippen LogP contribution < -0.4 is 5.32 Å². The Morgan fingerprint density at radius 2 is 1.94 bits per heavy atom. The maximum atomic E-state index is 11.5. The summed E-state index contributed by atoms with van der Waals surface area (Å²) in [5, 5.41) is 3.16. The molecule has 2 atom stereocenters. The molecule has 5 heteroatoms. The summed E-state index contributed by atoms with van der Waals surface area (Å²) in [6, 6.07) is -0.0794. The van der Waals surface area contributed by atoms with Gasteiger partial charge in [0.25, 0.3) is 0 Å². The molecule has 0 radical (unpaired) electrons. The molecule has 0 fully saturated rings. The van der Waals surface area contributed by atoms with Crippen LogP contribution in [0.3, 0.4) is 0 Å². The van der Waals surface area contributed by atoms with E-state index in [2.05, 4.69) is 5.32 Å². The maximum Gasteiger partial charge on any atom is 0.322 e. The fourth-order valence-corrected chi connectivity index (χ4v) is 1.53. The number of rotatable bonds is 10. The zero-order valence-electron chi connectivity index (χ0n) is 12.2. The van der Waals surface area contributed by atoms with Gasteiger partial charge in [0.05, 0.1) is 19.8 Å². The molecule has 0 aromatic heterocycles. The zero-order chi connectivity index (χ0) is 14.0. The van der Waals surface area contributed by atoms with Crippen molar-refractivity contribution in [2.75, 3.05) is 26.9 Å². The van der Waals surface area contributed by atoms with E-state index in [1.807, 2.05) is 27.7 Å². The highest BCUT2D eigenvalue weighted by molar-refractivity contribution is 5.75. The number of carbonyl (C=O) groups is 1. The first kappa shape index (κ1) is 17.4. The van der Waals surface area contributed by atoms with Gasteiger partial charge in [-0.2, -0.15) is 0 Å². The van der Waals surface area contributed by atoms with Gasteiger partial charge in [0.15, 0.2) is 0 Å². The quantitative estimate of drug-likeness (QED) is 0.602. The lowest BCUT2D eigenvalue weighted by Crippen LogP contribution is -2.42. The van der Waals surface area contributed by atoms with Crippen molar-refractivity contribution < 1.29 is 19.0 Å². The first-order valence-corrected chi connectivity index (χ1v) is 6.54. The molecular formula is C13H27NO4. The third kappa shape index (κ3) is 8.44. The Balaban J connectivity index is 3.92. The van der Waals surface area contributed by atoms with E-state index in [4.69, 9.17) is 14.2 Å². The van der Waals surface area contributed by atoms with E-state index in [0.29, 0.717) is 26.2 Å². The van der Waals surface area contributed by atoms with Crippen LogP contribution in [0, 0.1) is 0 Å². The van der Waals surface area contributed by atoms with Gasteiger partial charge >= 0.3 is 5.97 Å². The van der Waals surface area contributed by atoms with Crippen molar-refractivity contribution in [2.24, 2.45) is 0 Å². The number of carbonyl (C=O) groups excluding carboxylic acids is 1. The van der Waals surface area contributed by atoms with E-state index in [-0.39, 0.29) is 24.2 Å². The summed E-state index contributed by atoms with van der Waals surface area (Å²) in [6.45, 7) is 9.67. The van der Waals surface area contributed by atoms with E-state index >= 15 is 0 Å². The first-order valence-electron chi connectivity index (χ1n) is 6.54. The lowest BCUT2D eigenvalue weighted by Gasteiger charge is -2.20. The number of methoxy groups -OCH3 is 1. The Bertz CT molecular complexity index is 221. The minimum Gasteiger partial charge on any atom is -0.468 e. The molecule has 0 heterocycles. The number of ether oxygens (including phenoxy) is 3. The monoisotopic (exact) mass is 261 g/mol. The summed E-state index contributed by atoms with van der Waals surface area (Å²) in [6.07, 6.45) is 0.642. The smallest absolute Gasteiger partial charge is 0.322 e. The van der Waals surface area contributed by atoms with Crippen molar-refractivity contribution in [2.45, 2.75) is 52.3 Å². The first-order chi connectivity index (χ1) is 8.51.